The van der Waals surface area contributed by atoms with E-state index in [-0.39, 0.29) is 11.8 Å². The highest BCUT2D eigenvalue weighted by Gasteiger charge is 2.24. The van der Waals surface area contributed by atoms with Crippen LogP contribution in [0.3, 0.4) is 0 Å². The number of amides is 2. The van der Waals surface area contributed by atoms with Crippen molar-refractivity contribution in [2.75, 3.05) is 11.5 Å². The minimum Gasteiger partial charge on any atom is -0.350 e. The first-order chi connectivity index (χ1) is 8.65. The molecule has 0 aromatic heterocycles. The molecular formula is C12H13ClN2O2S. The first kappa shape index (κ1) is 13.2. The normalized spacial score (nSPS) is 19.2. The van der Waals surface area contributed by atoms with E-state index in [4.69, 9.17) is 11.6 Å². The molecule has 6 heteroatoms. The van der Waals surface area contributed by atoms with Crippen molar-refractivity contribution >= 4 is 35.2 Å². The molecule has 1 aliphatic heterocycles. The molecule has 1 fully saturated rings. The lowest BCUT2D eigenvalue weighted by Crippen LogP contribution is -2.51. The van der Waals surface area contributed by atoms with Gasteiger partial charge < -0.3 is 10.6 Å². The summed E-state index contributed by atoms with van der Waals surface area (Å²) in [5, 5.41) is 6.13. The van der Waals surface area contributed by atoms with Gasteiger partial charge in [-0.2, -0.15) is 0 Å². The fourth-order valence-corrected chi connectivity index (χ4v) is 2.59. The number of carbonyl (C=O) groups is 2. The van der Waals surface area contributed by atoms with Gasteiger partial charge in [-0.25, -0.2) is 0 Å². The van der Waals surface area contributed by atoms with E-state index < -0.39 is 6.04 Å². The molecule has 1 aliphatic rings. The van der Waals surface area contributed by atoms with E-state index in [2.05, 4.69) is 10.6 Å². The number of carbonyl (C=O) groups excluding carboxylic acids is 2. The lowest BCUT2D eigenvalue weighted by Gasteiger charge is -2.22. The largest absolute Gasteiger partial charge is 0.350 e. The Morgan fingerprint density at radius 1 is 1.44 bits per heavy atom. The Balaban J connectivity index is 1.84. The maximum atomic E-state index is 11.8. The number of benzene rings is 1. The van der Waals surface area contributed by atoms with Gasteiger partial charge in [0, 0.05) is 17.3 Å². The molecule has 0 spiro atoms. The second-order valence-electron chi connectivity index (χ2n) is 3.98. The third-order valence-corrected chi connectivity index (χ3v) is 3.84. The van der Waals surface area contributed by atoms with Crippen LogP contribution < -0.4 is 10.6 Å². The lowest BCUT2D eigenvalue weighted by molar-refractivity contribution is -0.127. The topological polar surface area (TPSA) is 58.2 Å². The van der Waals surface area contributed by atoms with Gasteiger partial charge in [0.05, 0.1) is 5.75 Å². The van der Waals surface area contributed by atoms with Gasteiger partial charge >= 0.3 is 0 Å². The van der Waals surface area contributed by atoms with E-state index in [1.807, 2.05) is 12.1 Å². The van der Waals surface area contributed by atoms with Gasteiger partial charge in [0.1, 0.15) is 6.04 Å². The minimum atomic E-state index is -0.427. The molecule has 18 heavy (non-hydrogen) atoms. The summed E-state index contributed by atoms with van der Waals surface area (Å²) in [6.45, 7) is 0.438. The summed E-state index contributed by atoms with van der Waals surface area (Å²) in [5.74, 6) is 0.822. The van der Waals surface area contributed by atoms with Gasteiger partial charge in [-0.1, -0.05) is 23.7 Å². The molecule has 1 saturated heterocycles. The summed E-state index contributed by atoms with van der Waals surface area (Å²) in [6.07, 6.45) is 0. The van der Waals surface area contributed by atoms with Crippen LogP contribution >= 0.6 is 23.4 Å². The zero-order valence-electron chi connectivity index (χ0n) is 9.61. The molecule has 0 radical (unpaired) electrons. The average molecular weight is 285 g/mol. The fourth-order valence-electron chi connectivity index (χ4n) is 1.60. The van der Waals surface area contributed by atoms with Crippen molar-refractivity contribution in [3.8, 4) is 0 Å². The van der Waals surface area contributed by atoms with E-state index in [1.165, 1.54) is 11.8 Å². The van der Waals surface area contributed by atoms with Crippen molar-refractivity contribution in [1.29, 1.82) is 0 Å². The molecule has 96 valence electrons. The molecule has 1 aromatic rings. The van der Waals surface area contributed by atoms with Crippen molar-refractivity contribution in [2.24, 2.45) is 0 Å². The number of hydrogen-bond acceptors (Lipinski definition) is 3. The zero-order chi connectivity index (χ0) is 13.0. The van der Waals surface area contributed by atoms with Crippen LogP contribution in [0.2, 0.25) is 5.02 Å². The lowest BCUT2D eigenvalue weighted by atomic mass is 10.2. The van der Waals surface area contributed by atoms with Crippen LogP contribution in [0.4, 0.5) is 0 Å². The molecular weight excluding hydrogens is 272 g/mol. The summed E-state index contributed by atoms with van der Waals surface area (Å²) in [4.78, 5) is 23.0. The predicted molar refractivity (Wildman–Crippen MR) is 72.6 cm³/mol. The SMILES string of the molecule is O=C1CSCC(C(=O)NCc2ccc(Cl)cc2)N1. The number of halogens is 1. The van der Waals surface area contributed by atoms with Gasteiger partial charge in [0.25, 0.3) is 0 Å². The highest BCUT2D eigenvalue weighted by Crippen LogP contribution is 2.10. The van der Waals surface area contributed by atoms with Crippen molar-refractivity contribution in [2.45, 2.75) is 12.6 Å². The van der Waals surface area contributed by atoms with Crippen molar-refractivity contribution < 1.29 is 9.59 Å². The predicted octanol–water partition coefficient (Wildman–Crippen LogP) is 1.19. The average Bonchev–Trinajstić information content (AvgIpc) is 2.38. The van der Waals surface area contributed by atoms with Gasteiger partial charge in [-0.3, -0.25) is 9.59 Å². The van der Waals surface area contributed by atoms with Crippen LogP contribution in [0.25, 0.3) is 0 Å². The van der Waals surface area contributed by atoms with Gasteiger partial charge in [0.2, 0.25) is 11.8 Å². The number of nitrogens with one attached hydrogen (secondary N) is 2. The Kier molecular flexibility index (Phi) is 4.49. The summed E-state index contributed by atoms with van der Waals surface area (Å²) in [5.41, 5.74) is 0.975. The molecule has 0 aliphatic carbocycles. The van der Waals surface area contributed by atoms with E-state index in [0.29, 0.717) is 23.1 Å². The number of hydrogen-bond donors (Lipinski definition) is 2. The monoisotopic (exact) mass is 284 g/mol. The third kappa shape index (κ3) is 3.65. The highest BCUT2D eigenvalue weighted by molar-refractivity contribution is 8.00. The van der Waals surface area contributed by atoms with Crippen LogP contribution in [-0.2, 0) is 16.1 Å². The van der Waals surface area contributed by atoms with E-state index in [0.717, 1.165) is 5.56 Å². The maximum absolute atomic E-state index is 11.8. The van der Waals surface area contributed by atoms with E-state index in [1.54, 1.807) is 12.1 Å². The van der Waals surface area contributed by atoms with Crippen LogP contribution in [0.1, 0.15) is 5.56 Å². The van der Waals surface area contributed by atoms with E-state index >= 15 is 0 Å². The van der Waals surface area contributed by atoms with Crippen LogP contribution in [0, 0.1) is 0 Å². The van der Waals surface area contributed by atoms with Gasteiger partial charge in [0.15, 0.2) is 0 Å². The Hall–Kier alpha value is -1.20. The first-order valence-corrected chi connectivity index (χ1v) is 7.07. The Labute approximate surface area is 114 Å². The fraction of sp³-hybridized carbons (Fsp3) is 0.333. The third-order valence-electron chi connectivity index (χ3n) is 2.55. The molecule has 0 saturated carbocycles. The molecule has 2 amide bonds. The standard InChI is InChI=1S/C12H13ClN2O2S/c13-9-3-1-8(2-4-9)5-14-12(17)10-6-18-7-11(16)15-10/h1-4,10H,5-7H2,(H,14,17)(H,15,16). The minimum absolute atomic E-state index is 0.0853. The van der Waals surface area contributed by atoms with Crippen LogP contribution in [0.15, 0.2) is 24.3 Å². The molecule has 4 nitrogen and oxygen atoms in total. The Bertz CT molecular complexity index is 450. The van der Waals surface area contributed by atoms with Gasteiger partial charge in [-0.05, 0) is 17.7 Å². The summed E-state index contributed by atoms with van der Waals surface area (Å²) >= 11 is 7.25. The second kappa shape index (κ2) is 6.11. The quantitative estimate of drug-likeness (QED) is 0.877. The maximum Gasteiger partial charge on any atom is 0.243 e. The smallest absolute Gasteiger partial charge is 0.243 e. The molecule has 2 rings (SSSR count). The van der Waals surface area contributed by atoms with Crippen molar-refractivity contribution in [3.05, 3.63) is 34.9 Å². The van der Waals surface area contributed by atoms with Crippen LogP contribution in [0.5, 0.6) is 0 Å². The number of rotatable bonds is 3. The highest BCUT2D eigenvalue weighted by atomic mass is 35.5. The summed E-state index contributed by atoms with van der Waals surface area (Å²) in [6, 6.07) is 6.85. The molecule has 1 unspecified atom stereocenters. The molecule has 1 aromatic carbocycles. The summed E-state index contributed by atoms with van der Waals surface area (Å²) < 4.78 is 0. The second-order valence-corrected chi connectivity index (χ2v) is 5.45. The van der Waals surface area contributed by atoms with Crippen molar-refractivity contribution in [3.63, 3.8) is 0 Å². The molecule has 0 bridgehead atoms. The number of thioether (sulfide) groups is 1. The first-order valence-electron chi connectivity index (χ1n) is 5.54. The van der Waals surface area contributed by atoms with Crippen molar-refractivity contribution in [1.82, 2.24) is 10.6 Å². The van der Waals surface area contributed by atoms with Crippen LogP contribution in [-0.4, -0.2) is 29.4 Å². The zero-order valence-corrected chi connectivity index (χ0v) is 11.2. The summed E-state index contributed by atoms with van der Waals surface area (Å²) in [7, 11) is 0. The molecule has 1 heterocycles. The molecule has 1 atom stereocenters. The Morgan fingerprint density at radius 3 is 2.83 bits per heavy atom. The molecule has 2 N–H and O–H groups in total. The van der Waals surface area contributed by atoms with Gasteiger partial charge in [-0.15, -0.1) is 11.8 Å². The van der Waals surface area contributed by atoms with E-state index in [9.17, 15) is 9.59 Å². The Morgan fingerprint density at radius 2 is 2.17 bits per heavy atom.